The maximum Gasteiger partial charge on any atom is 0.415 e. The molecule has 0 aromatic heterocycles. The fraction of sp³-hybridized carbons (Fsp3) is 0.269. The first-order valence-corrected chi connectivity index (χ1v) is 12.1. The molecule has 10 nitrogen and oxygen atoms in total. The van der Waals surface area contributed by atoms with E-state index in [4.69, 9.17) is 14.2 Å². The fourth-order valence-electron chi connectivity index (χ4n) is 3.71. The third-order valence-corrected chi connectivity index (χ3v) is 6.28. The van der Waals surface area contributed by atoms with Crippen LogP contribution in [0.3, 0.4) is 0 Å². The average molecular weight is 527 g/mol. The number of carbonyl (C=O) groups is 5. The van der Waals surface area contributed by atoms with Crippen molar-refractivity contribution in [2.24, 2.45) is 0 Å². The molecule has 3 rings (SSSR count). The second-order valence-electron chi connectivity index (χ2n) is 7.98. The molecule has 0 bridgehead atoms. The van der Waals surface area contributed by atoms with E-state index < -0.39 is 30.0 Å². The Labute approximate surface area is 217 Å². The minimum atomic E-state index is -0.967. The highest BCUT2D eigenvalue weighted by atomic mass is 32.2. The topological polar surface area (TPSA) is 128 Å². The molecule has 0 saturated carbocycles. The number of nitrogens with zero attached hydrogens (tertiary/aromatic N) is 1. The standard InChI is InChI=1S/C26H26N2O8S/c1-4-10-35-25(32)18-11-17(24(31)34-3)12-19(13-18)27-23(30)22-14-21(37-16(2)29)15-28(22)26(33)36-20-8-6-5-7-9-20/h4-9,11-13,21-22H,1,10,14-15H2,2-3H3,(H,27,30). The molecule has 0 spiro atoms. The van der Waals surface area contributed by atoms with Crippen LogP contribution in [0.2, 0.25) is 0 Å². The minimum Gasteiger partial charge on any atom is -0.465 e. The molecule has 0 radical (unpaired) electrons. The zero-order chi connectivity index (χ0) is 26.9. The van der Waals surface area contributed by atoms with E-state index in [9.17, 15) is 24.0 Å². The van der Waals surface area contributed by atoms with Crippen molar-refractivity contribution in [3.63, 3.8) is 0 Å². The van der Waals surface area contributed by atoms with Crippen molar-refractivity contribution < 1.29 is 38.2 Å². The van der Waals surface area contributed by atoms with Crippen LogP contribution in [-0.2, 0) is 19.1 Å². The SMILES string of the molecule is C=CCOC(=O)c1cc(NC(=O)C2CC(SC(C)=O)CN2C(=O)Oc2ccccc2)cc(C(=O)OC)c1. The van der Waals surface area contributed by atoms with Crippen LogP contribution in [0.4, 0.5) is 10.5 Å². The van der Waals surface area contributed by atoms with Gasteiger partial charge in [0.1, 0.15) is 18.4 Å². The summed E-state index contributed by atoms with van der Waals surface area (Å²) >= 11 is 1.04. The first-order valence-electron chi connectivity index (χ1n) is 11.2. The van der Waals surface area contributed by atoms with Crippen LogP contribution >= 0.6 is 11.8 Å². The van der Waals surface area contributed by atoms with Gasteiger partial charge in [-0.05, 0) is 36.8 Å². The summed E-state index contributed by atoms with van der Waals surface area (Å²) in [5, 5.41) is 2.20. The van der Waals surface area contributed by atoms with Gasteiger partial charge in [0.15, 0.2) is 5.12 Å². The number of rotatable bonds is 8. The number of para-hydroxylation sites is 1. The molecular formula is C26H26N2O8S. The molecule has 194 valence electrons. The van der Waals surface area contributed by atoms with Crippen LogP contribution in [0.15, 0.2) is 61.2 Å². The first kappa shape index (κ1) is 27.5. The summed E-state index contributed by atoms with van der Waals surface area (Å²) in [6, 6.07) is 11.4. The molecule has 1 aliphatic rings. The van der Waals surface area contributed by atoms with Gasteiger partial charge < -0.3 is 19.5 Å². The van der Waals surface area contributed by atoms with E-state index in [-0.39, 0.29) is 46.8 Å². The van der Waals surface area contributed by atoms with Gasteiger partial charge in [-0.2, -0.15) is 0 Å². The van der Waals surface area contributed by atoms with E-state index in [1.807, 2.05) is 0 Å². The Morgan fingerprint density at radius 1 is 1.08 bits per heavy atom. The van der Waals surface area contributed by atoms with Gasteiger partial charge in [-0.25, -0.2) is 14.4 Å². The highest BCUT2D eigenvalue weighted by Gasteiger charge is 2.41. The summed E-state index contributed by atoms with van der Waals surface area (Å²) in [5.41, 5.74) is 0.150. The molecule has 37 heavy (non-hydrogen) atoms. The Morgan fingerprint density at radius 3 is 2.38 bits per heavy atom. The molecule has 1 heterocycles. The zero-order valence-electron chi connectivity index (χ0n) is 20.3. The average Bonchev–Trinajstić information content (AvgIpc) is 3.30. The number of methoxy groups -OCH3 is 1. The van der Waals surface area contributed by atoms with Gasteiger partial charge in [-0.1, -0.05) is 42.6 Å². The largest absolute Gasteiger partial charge is 0.465 e. The highest BCUT2D eigenvalue weighted by Crippen LogP contribution is 2.30. The van der Waals surface area contributed by atoms with Crippen molar-refractivity contribution in [2.75, 3.05) is 25.6 Å². The Morgan fingerprint density at radius 2 is 1.76 bits per heavy atom. The zero-order valence-corrected chi connectivity index (χ0v) is 21.1. The van der Waals surface area contributed by atoms with Crippen LogP contribution < -0.4 is 10.1 Å². The summed E-state index contributed by atoms with van der Waals surface area (Å²) in [7, 11) is 1.19. The van der Waals surface area contributed by atoms with Crippen molar-refractivity contribution in [3.8, 4) is 5.75 Å². The van der Waals surface area contributed by atoms with Crippen LogP contribution in [0.1, 0.15) is 34.1 Å². The third kappa shape index (κ3) is 7.43. The molecule has 2 aromatic rings. The lowest BCUT2D eigenvalue weighted by molar-refractivity contribution is -0.119. The van der Waals surface area contributed by atoms with Crippen LogP contribution in [0, 0.1) is 0 Å². The predicted molar refractivity (Wildman–Crippen MR) is 137 cm³/mol. The summed E-state index contributed by atoms with van der Waals surface area (Å²) in [5.74, 6) is -1.72. The Hall–Kier alpha value is -4.12. The number of anilines is 1. The van der Waals surface area contributed by atoms with Gasteiger partial charge in [0.25, 0.3) is 0 Å². The fourth-order valence-corrected chi connectivity index (χ4v) is 4.70. The van der Waals surface area contributed by atoms with Gasteiger partial charge in [0, 0.05) is 24.4 Å². The van der Waals surface area contributed by atoms with E-state index in [1.165, 1.54) is 43.2 Å². The molecular weight excluding hydrogens is 500 g/mol. The molecule has 1 fully saturated rings. The number of carbonyl (C=O) groups excluding carboxylic acids is 5. The van der Waals surface area contributed by atoms with E-state index in [2.05, 4.69) is 11.9 Å². The summed E-state index contributed by atoms with van der Waals surface area (Å²) in [6.45, 7) is 4.97. The van der Waals surface area contributed by atoms with Crippen molar-refractivity contribution in [2.45, 2.75) is 24.6 Å². The second-order valence-corrected chi connectivity index (χ2v) is 9.46. The summed E-state index contributed by atoms with van der Waals surface area (Å²) in [4.78, 5) is 63.7. The molecule has 0 aliphatic carbocycles. The minimum absolute atomic E-state index is 0.0110. The number of hydrogen-bond donors (Lipinski definition) is 1. The van der Waals surface area contributed by atoms with Crippen LogP contribution in [0.25, 0.3) is 0 Å². The number of thioether (sulfide) groups is 1. The van der Waals surface area contributed by atoms with Crippen molar-refractivity contribution in [1.29, 1.82) is 0 Å². The van der Waals surface area contributed by atoms with Gasteiger partial charge in [0.2, 0.25) is 5.91 Å². The van der Waals surface area contributed by atoms with E-state index in [1.54, 1.807) is 30.3 Å². The third-order valence-electron chi connectivity index (χ3n) is 5.27. The number of amides is 2. The van der Waals surface area contributed by atoms with Gasteiger partial charge in [0.05, 0.1) is 18.2 Å². The number of benzene rings is 2. The highest BCUT2D eigenvalue weighted by molar-refractivity contribution is 8.14. The van der Waals surface area contributed by atoms with Crippen molar-refractivity contribution in [1.82, 2.24) is 4.90 Å². The molecule has 1 saturated heterocycles. The Kier molecular flexibility index (Phi) is 9.45. The smallest absolute Gasteiger partial charge is 0.415 e. The molecule has 2 atom stereocenters. The van der Waals surface area contributed by atoms with Crippen molar-refractivity contribution in [3.05, 3.63) is 72.3 Å². The van der Waals surface area contributed by atoms with E-state index in [0.29, 0.717) is 5.75 Å². The monoisotopic (exact) mass is 526 g/mol. The lowest BCUT2D eigenvalue weighted by atomic mass is 10.1. The molecule has 2 unspecified atom stereocenters. The first-order chi connectivity index (χ1) is 17.7. The van der Waals surface area contributed by atoms with Crippen LogP contribution in [-0.4, -0.2) is 65.5 Å². The summed E-state index contributed by atoms with van der Waals surface area (Å²) < 4.78 is 15.2. The van der Waals surface area contributed by atoms with Crippen molar-refractivity contribution >= 4 is 46.5 Å². The maximum absolute atomic E-state index is 13.3. The molecule has 2 aromatic carbocycles. The molecule has 1 aliphatic heterocycles. The number of ether oxygens (including phenoxy) is 3. The van der Waals surface area contributed by atoms with Crippen LogP contribution in [0.5, 0.6) is 5.75 Å². The quantitative estimate of drug-likeness (QED) is 0.405. The van der Waals surface area contributed by atoms with Gasteiger partial charge in [-0.3, -0.25) is 14.5 Å². The number of hydrogen-bond acceptors (Lipinski definition) is 9. The van der Waals surface area contributed by atoms with E-state index >= 15 is 0 Å². The van der Waals surface area contributed by atoms with Gasteiger partial charge >= 0.3 is 18.0 Å². The maximum atomic E-state index is 13.3. The number of nitrogens with one attached hydrogen (secondary N) is 1. The summed E-state index contributed by atoms with van der Waals surface area (Å²) in [6.07, 6.45) is 0.851. The number of likely N-dealkylation sites (tertiary alicyclic amines) is 1. The van der Waals surface area contributed by atoms with Gasteiger partial charge in [-0.15, -0.1) is 0 Å². The molecule has 1 N–H and O–H groups in total. The predicted octanol–water partition coefficient (Wildman–Crippen LogP) is 3.68. The Bertz CT molecular complexity index is 1200. The Balaban J connectivity index is 1.85. The molecule has 11 heteroatoms. The van der Waals surface area contributed by atoms with E-state index in [0.717, 1.165) is 11.8 Å². The lowest BCUT2D eigenvalue weighted by Gasteiger charge is -2.23. The number of esters is 2. The lowest BCUT2D eigenvalue weighted by Crippen LogP contribution is -2.44. The second kappa shape index (κ2) is 12.7. The molecule has 2 amide bonds. The normalized spacial score (nSPS) is 16.4.